The first-order valence-corrected chi connectivity index (χ1v) is 7.60. The largest absolute Gasteiger partial charge is 0.298 e. The first-order valence-electron chi connectivity index (χ1n) is 6.81. The van der Waals surface area contributed by atoms with Gasteiger partial charge in [-0.1, -0.05) is 22.0 Å². The maximum atomic E-state index is 12.2. The lowest BCUT2D eigenvalue weighted by atomic mass is 10.1. The van der Waals surface area contributed by atoms with Crippen LogP contribution in [0.5, 0.6) is 0 Å². The predicted octanol–water partition coefficient (Wildman–Crippen LogP) is 4.06. The molecule has 0 unspecified atom stereocenters. The molecule has 0 spiro atoms. The van der Waals surface area contributed by atoms with Crippen molar-refractivity contribution in [1.29, 1.82) is 0 Å². The molecule has 2 aromatic carbocycles. The van der Waals surface area contributed by atoms with Crippen molar-refractivity contribution in [3.05, 3.63) is 70.3 Å². The number of aryl methyl sites for hydroxylation is 1. The predicted molar refractivity (Wildman–Crippen MR) is 91.7 cm³/mol. The van der Waals surface area contributed by atoms with E-state index in [4.69, 9.17) is 0 Å². The van der Waals surface area contributed by atoms with E-state index in [1.165, 1.54) is 0 Å². The van der Waals surface area contributed by atoms with Crippen LogP contribution in [0.2, 0.25) is 0 Å². The average Bonchev–Trinajstić information content (AvgIpc) is 2.53. The Hall–Kier alpha value is -2.40. The van der Waals surface area contributed by atoms with Gasteiger partial charge in [0.1, 0.15) is 0 Å². The van der Waals surface area contributed by atoms with Crippen LogP contribution in [0.1, 0.15) is 16.1 Å². The molecule has 0 aliphatic heterocycles. The van der Waals surface area contributed by atoms with Crippen molar-refractivity contribution in [3.8, 4) is 0 Å². The average molecular weight is 356 g/mol. The molecule has 22 heavy (non-hydrogen) atoms. The number of aromatic nitrogens is 1. The Balaban J connectivity index is 1.74. The molecule has 1 aromatic heterocycles. The normalized spacial score (nSPS) is 10.5. The highest BCUT2D eigenvalue weighted by molar-refractivity contribution is 9.10. The number of nitrogens with one attached hydrogen (secondary N) is 2. The highest BCUT2D eigenvalue weighted by atomic mass is 79.9. The number of carbonyl (C=O) groups is 1. The Kier molecular flexibility index (Phi) is 4.06. The first kappa shape index (κ1) is 14.5. The van der Waals surface area contributed by atoms with Gasteiger partial charge in [-0.15, -0.1) is 0 Å². The minimum absolute atomic E-state index is 0.189. The molecule has 5 heteroatoms. The summed E-state index contributed by atoms with van der Waals surface area (Å²) in [7, 11) is 0. The van der Waals surface area contributed by atoms with Gasteiger partial charge in [-0.25, -0.2) is 0 Å². The number of amides is 1. The first-order chi connectivity index (χ1) is 10.6. The maximum Gasteiger partial charge on any atom is 0.269 e. The van der Waals surface area contributed by atoms with E-state index in [1.54, 1.807) is 6.07 Å². The van der Waals surface area contributed by atoms with Crippen LogP contribution in [0, 0.1) is 6.92 Å². The molecular formula is C17H14BrN3O. The second kappa shape index (κ2) is 6.15. The third-order valence-corrected chi connectivity index (χ3v) is 3.78. The summed E-state index contributed by atoms with van der Waals surface area (Å²) >= 11 is 3.37. The van der Waals surface area contributed by atoms with Gasteiger partial charge in [0.2, 0.25) is 0 Å². The molecule has 0 bridgehead atoms. The number of nitrogens with zero attached hydrogens (tertiary/aromatic N) is 1. The lowest BCUT2D eigenvalue weighted by Gasteiger charge is -2.09. The molecule has 3 aromatic rings. The Bertz CT molecular complexity index is 831. The number of carbonyl (C=O) groups excluding carboxylic acids is 1. The van der Waals surface area contributed by atoms with Crippen molar-refractivity contribution in [1.82, 2.24) is 10.4 Å². The van der Waals surface area contributed by atoms with Crippen LogP contribution < -0.4 is 10.9 Å². The van der Waals surface area contributed by atoms with Crippen LogP contribution in [-0.2, 0) is 0 Å². The lowest BCUT2D eigenvalue weighted by molar-refractivity contribution is 0.0963. The number of hydrogen-bond donors (Lipinski definition) is 2. The summed E-state index contributed by atoms with van der Waals surface area (Å²) in [6, 6.07) is 16.9. The number of halogens is 1. The summed E-state index contributed by atoms with van der Waals surface area (Å²) in [4.78, 5) is 16.6. The van der Waals surface area contributed by atoms with Gasteiger partial charge in [-0.05, 0) is 55.5 Å². The summed E-state index contributed by atoms with van der Waals surface area (Å²) in [5.74, 6) is -0.189. The van der Waals surface area contributed by atoms with E-state index in [1.807, 2.05) is 55.5 Å². The van der Waals surface area contributed by atoms with Crippen LogP contribution >= 0.6 is 15.9 Å². The molecule has 0 saturated carbocycles. The van der Waals surface area contributed by atoms with Crippen molar-refractivity contribution >= 4 is 38.4 Å². The zero-order valence-corrected chi connectivity index (χ0v) is 13.5. The topological polar surface area (TPSA) is 54.0 Å². The van der Waals surface area contributed by atoms with Gasteiger partial charge < -0.3 is 0 Å². The van der Waals surface area contributed by atoms with Crippen LogP contribution in [0.4, 0.5) is 5.69 Å². The molecule has 0 saturated heterocycles. The Labute approximate surface area is 136 Å². The fourth-order valence-electron chi connectivity index (χ4n) is 2.10. The van der Waals surface area contributed by atoms with Crippen LogP contribution in [0.25, 0.3) is 10.9 Å². The van der Waals surface area contributed by atoms with Crippen molar-refractivity contribution < 1.29 is 4.79 Å². The number of rotatable bonds is 3. The second-order valence-corrected chi connectivity index (χ2v) is 5.86. The quantitative estimate of drug-likeness (QED) is 0.696. The smallest absolute Gasteiger partial charge is 0.269 e. The molecule has 3 rings (SSSR count). The molecule has 0 aliphatic carbocycles. The van der Waals surface area contributed by atoms with Crippen LogP contribution in [0.3, 0.4) is 0 Å². The van der Waals surface area contributed by atoms with Crippen LogP contribution in [-0.4, -0.2) is 10.9 Å². The van der Waals surface area contributed by atoms with E-state index in [0.29, 0.717) is 5.56 Å². The van der Waals surface area contributed by atoms with Crippen LogP contribution in [0.15, 0.2) is 59.1 Å². The molecular weight excluding hydrogens is 342 g/mol. The third-order valence-electron chi connectivity index (χ3n) is 3.26. The van der Waals surface area contributed by atoms with E-state index in [2.05, 4.69) is 31.8 Å². The molecule has 0 aliphatic rings. The zero-order chi connectivity index (χ0) is 15.5. The van der Waals surface area contributed by atoms with Crippen molar-refractivity contribution in [3.63, 3.8) is 0 Å². The second-order valence-electron chi connectivity index (χ2n) is 4.95. The highest BCUT2D eigenvalue weighted by Crippen LogP contribution is 2.16. The minimum Gasteiger partial charge on any atom is -0.298 e. The van der Waals surface area contributed by atoms with E-state index in [9.17, 15) is 4.79 Å². The number of anilines is 1. The van der Waals surface area contributed by atoms with Gasteiger partial charge in [-0.2, -0.15) is 0 Å². The lowest BCUT2D eigenvalue weighted by Crippen LogP contribution is -2.29. The standard InChI is InChI=1S/C17H14BrN3O/c1-11-2-3-12-10-13(4-9-16(12)19-11)17(22)21-20-15-7-5-14(18)6-8-15/h2-10,20H,1H3,(H,21,22). The molecule has 110 valence electrons. The fourth-order valence-corrected chi connectivity index (χ4v) is 2.37. The zero-order valence-electron chi connectivity index (χ0n) is 11.9. The van der Waals surface area contributed by atoms with Crippen molar-refractivity contribution in [2.45, 2.75) is 6.92 Å². The van der Waals surface area contributed by atoms with E-state index < -0.39 is 0 Å². The molecule has 2 N–H and O–H groups in total. The van der Waals surface area contributed by atoms with Crippen molar-refractivity contribution in [2.24, 2.45) is 0 Å². The third kappa shape index (κ3) is 3.26. The molecule has 4 nitrogen and oxygen atoms in total. The summed E-state index contributed by atoms with van der Waals surface area (Å²) in [6.07, 6.45) is 0. The van der Waals surface area contributed by atoms with Gasteiger partial charge in [-0.3, -0.25) is 20.6 Å². The summed E-state index contributed by atoms with van der Waals surface area (Å²) < 4.78 is 0.988. The summed E-state index contributed by atoms with van der Waals surface area (Å²) in [5, 5.41) is 0.946. The minimum atomic E-state index is -0.189. The highest BCUT2D eigenvalue weighted by Gasteiger charge is 2.06. The van der Waals surface area contributed by atoms with E-state index in [0.717, 1.165) is 26.8 Å². The monoisotopic (exact) mass is 355 g/mol. The van der Waals surface area contributed by atoms with Gasteiger partial charge >= 0.3 is 0 Å². The Morgan fingerprint density at radius 1 is 1.05 bits per heavy atom. The summed E-state index contributed by atoms with van der Waals surface area (Å²) in [6.45, 7) is 1.95. The Morgan fingerprint density at radius 2 is 1.82 bits per heavy atom. The Morgan fingerprint density at radius 3 is 2.59 bits per heavy atom. The summed E-state index contributed by atoms with van der Waals surface area (Å²) in [5.41, 5.74) is 8.82. The molecule has 1 heterocycles. The van der Waals surface area contributed by atoms with Gasteiger partial charge in [0, 0.05) is 21.1 Å². The molecule has 0 radical (unpaired) electrons. The molecule has 0 atom stereocenters. The molecule has 0 fully saturated rings. The number of pyridine rings is 1. The van der Waals surface area contributed by atoms with Gasteiger partial charge in [0.15, 0.2) is 0 Å². The van der Waals surface area contributed by atoms with Gasteiger partial charge in [0.05, 0.1) is 11.2 Å². The SMILES string of the molecule is Cc1ccc2cc(C(=O)NNc3ccc(Br)cc3)ccc2n1. The molecule has 1 amide bonds. The number of benzene rings is 2. The maximum absolute atomic E-state index is 12.2. The number of fused-ring (bicyclic) bond motifs is 1. The van der Waals surface area contributed by atoms with Crippen molar-refractivity contribution in [2.75, 3.05) is 5.43 Å². The number of hydrazine groups is 1. The van der Waals surface area contributed by atoms with Gasteiger partial charge in [0.25, 0.3) is 5.91 Å². The van der Waals surface area contributed by atoms with E-state index >= 15 is 0 Å². The fraction of sp³-hybridized carbons (Fsp3) is 0.0588. The van der Waals surface area contributed by atoms with E-state index in [-0.39, 0.29) is 5.91 Å². The number of hydrogen-bond acceptors (Lipinski definition) is 3.